The molecule has 4 heteroatoms. The number of halogens is 1. The van der Waals surface area contributed by atoms with Crippen LogP contribution in [0.5, 0.6) is 0 Å². The molecule has 2 atom stereocenters. The van der Waals surface area contributed by atoms with Gasteiger partial charge in [0.25, 0.3) is 0 Å². The number of carbonyl (C=O) groups excluding carboxylic acids is 1. The lowest BCUT2D eigenvalue weighted by Crippen LogP contribution is -2.39. The number of amides is 1. The van der Waals surface area contributed by atoms with E-state index in [1.54, 1.807) is 0 Å². The summed E-state index contributed by atoms with van der Waals surface area (Å²) in [7, 11) is 0. The van der Waals surface area contributed by atoms with Crippen molar-refractivity contribution < 1.29 is 4.79 Å². The van der Waals surface area contributed by atoms with Crippen molar-refractivity contribution in [2.75, 3.05) is 0 Å². The molecule has 0 saturated carbocycles. The van der Waals surface area contributed by atoms with Gasteiger partial charge in [-0.25, -0.2) is 0 Å². The fourth-order valence-electron chi connectivity index (χ4n) is 2.18. The largest absolute Gasteiger partial charge is 0.349 e. The van der Waals surface area contributed by atoms with Crippen molar-refractivity contribution in [2.24, 2.45) is 11.1 Å². The Kier molecular flexibility index (Phi) is 7.25. The fourth-order valence-corrected chi connectivity index (χ4v) is 2.18. The quantitative estimate of drug-likeness (QED) is 0.895. The highest BCUT2D eigenvalue weighted by molar-refractivity contribution is 5.85. The van der Waals surface area contributed by atoms with Crippen LogP contribution in [0.25, 0.3) is 0 Å². The predicted octanol–water partition coefficient (Wildman–Crippen LogP) is 3.36. The van der Waals surface area contributed by atoms with Gasteiger partial charge < -0.3 is 11.1 Å². The second kappa shape index (κ2) is 7.65. The van der Waals surface area contributed by atoms with E-state index in [9.17, 15) is 4.79 Å². The Morgan fingerprint density at radius 1 is 1.30 bits per heavy atom. The minimum absolute atomic E-state index is 0. The molecule has 0 aliphatic carbocycles. The Balaban J connectivity index is 0.00000361. The van der Waals surface area contributed by atoms with E-state index in [4.69, 9.17) is 5.73 Å². The maximum atomic E-state index is 12.0. The van der Waals surface area contributed by atoms with Gasteiger partial charge in [0.1, 0.15) is 0 Å². The van der Waals surface area contributed by atoms with Crippen LogP contribution in [0.4, 0.5) is 0 Å². The third-order valence-corrected chi connectivity index (χ3v) is 3.18. The Morgan fingerprint density at radius 2 is 1.85 bits per heavy atom. The van der Waals surface area contributed by atoms with Crippen molar-refractivity contribution in [3.8, 4) is 0 Å². The molecule has 0 bridgehead atoms. The Labute approximate surface area is 128 Å². The SMILES string of the molecule is Cc1ccccc1C(NC(=O)CC(C)N)C(C)(C)C.Cl. The highest BCUT2D eigenvalue weighted by Crippen LogP contribution is 2.34. The molecule has 0 radical (unpaired) electrons. The van der Waals surface area contributed by atoms with Crippen molar-refractivity contribution in [1.82, 2.24) is 5.32 Å². The topological polar surface area (TPSA) is 55.1 Å². The van der Waals surface area contributed by atoms with Crippen LogP contribution < -0.4 is 11.1 Å². The van der Waals surface area contributed by atoms with E-state index in [2.05, 4.69) is 45.1 Å². The van der Waals surface area contributed by atoms with Gasteiger partial charge in [0, 0.05) is 12.5 Å². The number of carbonyl (C=O) groups is 1. The molecule has 20 heavy (non-hydrogen) atoms. The molecule has 0 heterocycles. The molecular weight excluding hydrogens is 272 g/mol. The van der Waals surface area contributed by atoms with Crippen LogP contribution in [-0.2, 0) is 4.79 Å². The summed E-state index contributed by atoms with van der Waals surface area (Å²) >= 11 is 0. The van der Waals surface area contributed by atoms with Gasteiger partial charge in [-0.1, -0.05) is 45.0 Å². The monoisotopic (exact) mass is 298 g/mol. The van der Waals surface area contributed by atoms with Crippen molar-refractivity contribution in [2.45, 2.75) is 53.1 Å². The lowest BCUT2D eigenvalue weighted by molar-refractivity contribution is -0.122. The maximum absolute atomic E-state index is 12.0. The van der Waals surface area contributed by atoms with Crippen molar-refractivity contribution in [3.63, 3.8) is 0 Å². The molecule has 0 fully saturated rings. The van der Waals surface area contributed by atoms with Crippen LogP contribution in [-0.4, -0.2) is 11.9 Å². The van der Waals surface area contributed by atoms with Gasteiger partial charge in [-0.05, 0) is 30.4 Å². The molecule has 0 aliphatic heterocycles. The lowest BCUT2D eigenvalue weighted by atomic mass is 9.80. The molecule has 114 valence electrons. The van der Waals surface area contributed by atoms with E-state index < -0.39 is 0 Å². The standard InChI is InChI=1S/C16H26N2O.ClH/c1-11-8-6-7-9-13(11)15(16(3,4)5)18-14(19)10-12(2)17;/h6-9,12,15H,10,17H2,1-5H3,(H,18,19);1H. The summed E-state index contributed by atoms with van der Waals surface area (Å²) in [6.45, 7) is 10.3. The van der Waals surface area contributed by atoms with Crippen LogP contribution in [0.15, 0.2) is 24.3 Å². The van der Waals surface area contributed by atoms with Gasteiger partial charge in [-0.2, -0.15) is 0 Å². The number of benzene rings is 1. The van der Waals surface area contributed by atoms with E-state index >= 15 is 0 Å². The summed E-state index contributed by atoms with van der Waals surface area (Å²) in [6, 6.07) is 8.07. The van der Waals surface area contributed by atoms with Crippen LogP contribution in [0, 0.1) is 12.3 Å². The number of nitrogens with one attached hydrogen (secondary N) is 1. The fraction of sp³-hybridized carbons (Fsp3) is 0.562. The molecule has 2 unspecified atom stereocenters. The molecule has 1 amide bonds. The second-order valence-corrected chi connectivity index (χ2v) is 6.40. The van der Waals surface area contributed by atoms with Crippen LogP contribution in [0.3, 0.4) is 0 Å². The zero-order valence-electron chi connectivity index (χ0n) is 13.1. The molecule has 3 nitrogen and oxygen atoms in total. The zero-order chi connectivity index (χ0) is 14.6. The van der Waals surface area contributed by atoms with Crippen molar-refractivity contribution in [3.05, 3.63) is 35.4 Å². The molecule has 0 spiro atoms. The summed E-state index contributed by atoms with van der Waals surface area (Å²) in [6.07, 6.45) is 0.360. The molecule has 3 N–H and O–H groups in total. The van der Waals surface area contributed by atoms with E-state index in [-0.39, 0.29) is 35.8 Å². The summed E-state index contributed by atoms with van der Waals surface area (Å²) in [5.41, 5.74) is 8.02. The summed E-state index contributed by atoms with van der Waals surface area (Å²) in [4.78, 5) is 12.0. The highest BCUT2D eigenvalue weighted by Gasteiger charge is 2.28. The van der Waals surface area contributed by atoms with Crippen LogP contribution >= 0.6 is 12.4 Å². The van der Waals surface area contributed by atoms with Gasteiger partial charge in [0.2, 0.25) is 5.91 Å². The maximum Gasteiger partial charge on any atom is 0.222 e. The van der Waals surface area contributed by atoms with Gasteiger partial charge in [0.15, 0.2) is 0 Å². The van der Waals surface area contributed by atoms with Crippen molar-refractivity contribution >= 4 is 18.3 Å². The van der Waals surface area contributed by atoms with Crippen molar-refractivity contribution in [1.29, 1.82) is 0 Å². The minimum Gasteiger partial charge on any atom is -0.349 e. The average Bonchev–Trinajstić information content (AvgIpc) is 2.24. The number of hydrogen-bond acceptors (Lipinski definition) is 2. The predicted molar refractivity (Wildman–Crippen MR) is 87.0 cm³/mol. The first-order valence-electron chi connectivity index (χ1n) is 6.82. The Hall–Kier alpha value is -1.06. The smallest absolute Gasteiger partial charge is 0.222 e. The first-order valence-corrected chi connectivity index (χ1v) is 6.82. The second-order valence-electron chi connectivity index (χ2n) is 6.40. The first kappa shape index (κ1) is 18.9. The molecule has 1 aromatic rings. The number of rotatable bonds is 4. The highest BCUT2D eigenvalue weighted by atomic mass is 35.5. The lowest BCUT2D eigenvalue weighted by Gasteiger charge is -2.33. The Morgan fingerprint density at radius 3 is 2.30 bits per heavy atom. The van der Waals surface area contributed by atoms with Gasteiger partial charge in [-0.15, -0.1) is 12.4 Å². The third-order valence-electron chi connectivity index (χ3n) is 3.18. The molecular formula is C16H27ClN2O. The van der Waals surface area contributed by atoms with Crippen LogP contribution in [0.1, 0.15) is 51.3 Å². The Bertz CT molecular complexity index is 438. The minimum atomic E-state index is -0.113. The molecule has 0 aromatic heterocycles. The van der Waals surface area contributed by atoms with E-state index in [1.165, 1.54) is 11.1 Å². The normalized spacial score (nSPS) is 14.1. The van der Waals surface area contributed by atoms with E-state index in [1.807, 2.05) is 19.1 Å². The van der Waals surface area contributed by atoms with Gasteiger partial charge in [0.05, 0.1) is 6.04 Å². The van der Waals surface area contributed by atoms with E-state index in [0.717, 1.165) is 0 Å². The van der Waals surface area contributed by atoms with Gasteiger partial charge >= 0.3 is 0 Å². The summed E-state index contributed by atoms with van der Waals surface area (Å²) in [5, 5.41) is 3.13. The number of nitrogens with two attached hydrogens (primary N) is 1. The van der Waals surface area contributed by atoms with Crippen LogP contribution in [0.2, 0.25) is 0 Å². The average molecular weight is 299 g/mol. The third kappa shape index (κ3) is 5.51. The summed E-state index contributed by atoms with van der Waals surface area (Å²) < 4.78 is 0. The molecule has 1 aromatic carbocycles. The first-order chi connectivity index (χ1) is 8.71. The molecule has 1 rings (SSSR count). The number of hydrogen-bond donors (Lipinski definition) is 2. The zero-order valence-corrected chi connectivity index (χ0v) is 13.9. The van der Waals surface area contributed by atoms with Gasteiger partial charge in [-0.3, -0.25) is 4.79 Å². The number of aryl methyl sites for hydroxylation is 1. The van der Waals surface area contributed by atoms with E-state index in [0.29, 0.717) is 6.42 Å². The summed E-state index contributed by atoms with van der Waals surface area (Å²) in [5.74, 6) is 0.0122. The molecule has 0 aliphatic rings. The molecule has 0 saturated heterocycles.